The highest BCUT2D eigenvalue weighted by Gasteiger charge is 1.91. The quantitative estimate of drug-likeness (QED) is 0.798. The summed E-state index contributed by atoms with van der Waals surface area (Å²) in [4.78, 5) is 0. The minimum absolute atomic E-state index is 0.777. The Morgan fingerprint density at radius 1 is 1.82 bits per heavy atom. The van der Waals surface area contributed by atoms with Gasteiger partial charge in [-0.2, -0.15) is 5.10 Å². The monoisotopic (exact) mass is 215 g/mol. The van der Waals surface area contributed by atoms with Crippen LogP contribution in [0.2, 0.25) is 0 Å². The van der Waals surface area contributed by atoms with Crippen LogP contribution in [0.25, 0.3) is 0 Å². The summed E-state index contributed by atoms with van der Waals surface area (Å²) in [6.07, 6.45) is 1.74. The molecule has 0 aliphatic rings. The van der Waals surface area contributed by atoms with Gasteiger partial charge in [0.1, 0.15) is 0 Å². The van der Waals surface area contributed by atoms with Crippen LogP contribution in [0.1, 0.15) is 5.69 Å². The number of hydrogen-bond donors (Lipinski definition) is 2. The maximum Gasteiger partial charge on any atom is 0.0490 e. The second-order valence-corrected chi connectivity index (χ2v) is 3.32. The van der Waals surface area contributed by atoms with E-state index in [1.54, 1.807) is 6.20 Å². The highest BCUT2D eigenvalue weighted by Crippen LogP contribution is 1.97. The fraction of sp³-hybridized carbons (Fsp3) is 0.286. The smallest absolute Gasteiger partial charge is 0.0490 e. The zero-order chi connectivity index (χ0) is 8.10. The van der Waals surface area contributed by atoms with E-state index in [4.69, 9.17) is 0 Å². The predicted octanol–water partition coefficient (Wildman–Crippen LogP) is 1.41. The summed E-state index contributed by atoms with van der Waals surface area (Å²) in [5, 5.41) is 9.84. The maximum absolute atomic E-state index is 3.82. The van der Waals surface area contributed by atoms with Crippen LogP contribution in [0.5, 0.6) is 0 Å². The lowest BCUT2D eigenvalue weighted by Crippen LogP contribution is -2.14. The Kier molecular flexibility index (Phi) is 3.32. The highest BCUT2D eigenvalue weighted by atomic mass is 79.9. The van der Waals surface area contributed by atoms with Gasteiger partial charge in [-0.3, -0.25) is 5.10 Å². The molecule has 0 aliphatic heterocycles. The third-order valence-electron chi connectivity index (χ3n) is 1.19. The minimum Gasteiger partial charge on any atom is -0.307 e. The molecule has 3 nitrogen and oxygen atoms in total. The van der Waals surface area contributed by atoms with Gasteiger partial charge in [0.15, 0.2) is 0 Å². The van der Waals surface area contributed by atoms with Crippen LogP contribution in [0.15, 0.2) is 23.3 Å². The van der Waals surface area contributed by atoms with Gasteiger partial charge in [0, 0.05) is 29.5 Å². The number of H-pyrrole nitrogens is 1. The highest BCUT2D eigenvalue weighted by molar-refractivity contribution is 9.11. The second kappa shape index (κ2) is 4.31. The molecule has 0 spiro atoms. The van der Waals surface area contributed by atoms with Gasteiger partial charge < -0.3 is 5.32 Å². The van der Waals surface area contributed by atoms with E-state index in [0.29, 0.717) is 0 Å². The molecule has 1 aromatic rings. The summed E-state index contributed by atoms with van der Waals surface area (Å²) in [5.74, 6) is 0. The largest absolute Gasteiger partial charge is 0.307 e. The normalized spacial score (nSPS) is 9.91. The van der Waals surface area contributed by atoms with Crippen molar-refractivity contribution in [1.29, 1.82) is 0 Å². The van der Waals surface area contributed by atoms with E-state index in [9.17, 15) is 0 Å². The van der Waals surface area contributed by atoms with Crippen LogP contribution < -0.4 is 5.32 Å². The molecule has 0 aromatic carbocycles. The average molecular weight is 216 g/mol. The molecule has 1 rings (SSSR count). The fourth-order valence-corrected chi connectivity index (χ4v) is 0.914. The van der Waals surface area contributed by atoms with Gasteiger partial charge >= 0.3 is 0 Å². The second-order valence-electron chi connectivity index (χ2n) is 2.20. The van der Waals surface area contributed by atoms with Crippen LogP contribution in [-0.4, -0.2) is 16.7 Å². The van der Waals surface area contributed by atoms with E-state index in [2.05, 4.69) is 38.0 Å². The number of aromatic nitrogens is 2. The van der Waals surface area contributed by atoms with Gasteiger partial charge in [0.05, 0.1) is 0 Å². The molecule has 0 saturated heterocycles. The van der Waals surface area contributed by atoms with Crippen molar-refractivity contribution < 1.29 is 0 Å². The third kappa shape index (κ3) is 3.34. The summed E-state index contributed by atoms with van der Waals surface area (Å²) < 4.78 is 0.956. The van der Waals surface area contributed by atoms with E-state index in [1.807, 2.05) is 6.07 Å². The molecule has 0 fully saturated rings. The first-order valence-corrected chi connectivity index (χ1v) is 4.10. The summed E-state index contributed by atoms with van der Waals surface area (Å²) in [6.45, 7) is 5.28. The van der Waals surface area contributed by atoms with Gasteiger partial charge in [-0.25, -0.2) is 0 Å². The third-order valence-corrected chi connectivity index (χ3v) is 1.47. The zero-order valence-electron chi connectivity index (χ0n) is 6.10. The number of rotatable bonds is 4. The Hall–Kier alpha value is -0.610. The standard InChI is InChI=1S/C7H10BrN3/c1-6(8)4-9-5-7-2-3-10-11-7/h2-3,9H,1,4-5H2,(H,10,11). The zero-order valence-corrected chi connectivity index (χ0v) is 7.69. The molecule has 0 amide bonds. The summed E-state index contributed by atoms with van der Waals surface area (Å²) >= 11 is 3.26. The van der Waals surface area contributed by atoms with E-state index >= 15 is 0 Å². The molecule has 2 N–H and O–H groups in total. The van der Waals surface area contributed by atoms with Crippen molar-refractivity contribution in [3.05, 3.63) is 29.0 Å². The Morgan fingerprint density at radius 3 is 3.18 bits per heavy atom. The number of nitrogens with one attached hydrogen (secondary N) is 2. The number of hydrogen-bond acceptors (Lipinski definition) is 2. The number of halogens is 1. The molecule has 60 valence electrons. The van der Waals surface area contributed by atoms with Crippen molar-refractivity contribution in [2.75, 3.05) is 6.54 Å². The van der Waals surface area contributed by atoms with Gasteiger partial charge in [0.25, 0.3) is 0 Å². The van der Waals surface area contributed by atoms with E-state index in [-0.39, 0.29) is 0 Å². The fourth-order valence-electron chi connectivity index (χ4n) is 0.716. The first-order valence-electron chi connectivity index (χ1n) is 3.31. The van der Waals surface area contributed by atoms with Crippen LogP contribution in [0, 0.1) is 0 Å². The van der Waals surface area contributed by atoms with Crippen LogP contribution in [-0.2, 0) is 6.54 Å². The Balaban J connectivity index is 2.19. The van der Waals surface area contributed by atoms with Crippen molar-refractivity contribution in [3.8, 4) is 0 Å². The lowest BCUT2D eigenvalue weighted by atomic mass is 10.4. The van der Waals surface area contributed by atoms with Crippen LogP contribution in [0.4, 0.5) is 0 Å². The molecule has 1 heterocycles. The van der Waals surface area contributed by atoms with E-state index < -0.39 is 0 Å². The molecular formula is C7H10BrN3. The lowest BCUT2D eigenvalue weighted by molar-refractivity contribution is 0.734. The molecule has 0 unspecified atom stereocenters. The number of aromatic amines is 1. The Labute approximate surface area is 74.0 Å². The van der Waals surface area contributed by atoms with Crippen molar-refractivity contribution in [3.63, 3.8) is 0 Å². The average Bonchev–Trinajstić information content (AvgIpc) is 2.39. The summed E-state index contributed by atoms with van der Waals surface area (Å²) in [6, 6.07) is 1.93. The number of nitrogens with zero attached hydrogens (tertiary/aromatic N) is 1. The van der Waals surface area contributed by atoms with E-state index in [0.717, 1.165) is 23.3 Å². The molecule has 11 heavy (non-hydrogen) atoms. The van der Waals surface area contributed by atoms with Gasteiger partial charge in [-0.15, -0.1) is 0 Å². The summed E-state index contributed by atoms with van der Waals surface area (Å²) in [5.41, 5.74) is 1.08. The first kappa shape index (κ1) is 8.49. The molecule has 1 aromatic heterocycles. The lowest BCUT2D eigenvalue weighted by Gasteiger charge is -1.99. The molecule has 0 saturated carbocycles. The summed E-state index contributed by atoms with van der Waals surface area (Å²) in [7, 11) is 0. The molecule has 0 radical (unpaired) electrons. The van der Waals surface area contributed by atoms with Crippen molar-refractivity contribution in [2.45, 2.75) is 6.54 Å². The van der Waals surface area contributed by atoms with Crippen molar-refractivity contribution in [1.82, 2.24) is 15.5 Å². The van der Waals surface area contributed by atoms with Gasteiger partial charge in [-0.1, -0.05) is 22.5 Å². The maximum atomic E-state index is 3.82. The van der Waals surface area contributed by atoms with Gasteiger partial charge in [0.2, 0.25) is 0 Å². The van der Waals surface area contributed by atoms with E-state index in [1.165, 1.54) is 0 Å². The minimum atomic E-state index is 0.777. The van der Waals surface area contributed by atoms with Crippen LogP contribution >= 0.6 is 15.9 Å². The van der Waals surface area contributed by atoms with Crippen LogP contribution in [0.3, 0.4) is 0 Å². The molecular weight excluding hydrogens is 206 g/mol. The Morgan fingerprint density at radius 2 is 2.64 bits per heavy atom. The Bertz CT molecular complexity index is 218. The molecule has 4 heteroatoms. The van der Waals surface area contributed by atoms with Crippen molar-refractivity contribution >= 4 is 15.9 Å². The molecule has 0 bridgehead atoms. The van der Waals surface area contributed by atoms with Gasteiger partial charge in [-0.05, 0) is 6.07 Å². The topological polar surface area (TPSA) is 40.7 Å². The molecule has 0 aliphatic carbocycles. The first-order chi connectivity index (χ1) is 5.29. The predicted molar refractivity (Wildman–Crippen MR) is 48.4 cm³/mol. The molecule has 0 atom stereocenters. The SMILES string of the molecule is C=C(Br)CNCc1ccn[nH]1. The van der Waals surface area contributed by atoms with Crippen molar-refractivity contribution in [2.24, 2.45) is 0 Å².